The molecule has 0 saturated heterocycles. The van der Waals surface area contributed by atoms with Crippen LogP contribution in [0.5, 0.6) is 17.2 Å². The summed E-state index contributed by atoms with van der Waals surface area (Å²) in [6.45, 7) is 2.29. The molecule has 0 saturated carbocycles. The standard InChI is InChI=1S/C21H22ClNO8.2Na/c1-12(23-10-15(24)11-29-16-4-2-3-14(22)9-16)7-13-5-6-17-18(8-13)31-21(30-17,19(25)26)20(27)28;;/h2-6,8-9,12,15,23-24H,7,10-11H2,1H3,(H,25,26)(H,27,28);;/t12-,15-;;/m1../s1. The number of carboxylic acids is 2. The van der Waals surface area contributed by atoms with Crippen molar-refractivity contribution in [2.75, 3.05) is 13.2 Å². The Labute approximate surface area is 239 Å². The Morgan fingerprint density at radius 2 is 1.76 bits per heavy atom. The van der Waals surface area contributed by atoms with Gasteiger partial charge in [0.1, 0.15) is 18.5 Å². The summed E-state index contributed by atoms with van der Waals surface area (Å²) in [7, 11) is 0. The van der Waals surface area contributed by atoms with Crippen LogP contribution in [0.4, 0.5) is 0 Å². The van der Waals surface area contributed by atoms with Crippen LogP contribution in [0.2, 0.25) is 5.02 Å². The minimum atomic E-state index is -2.78. The van der Waals surface area contributed by atoms with Gasteiger partial charge in [-0.2, -0.15) is 0 Å². The first-order valence-electron chi connectivity index (χ1n) is 9.47. The number of nitrogens with one attached hydrogen (secondary N) is 1. The molecule has 1 heterocycles. The van der Waals surface area contributed by atoms with Crippen LogP contribution in [0.3, 0.4) is 0 Å². The molecule has 33 heavy (non-hydrogen) atoms. The minimum Gasteiger partial charge on any atom is -0.491 e. The number of rotatable bonds is 10. The molecule has 0 fully saturated rings. The number of carboxylic acid groups (broad SMARTS) is 2. The van der Waals surface area contributed by atoms with Crippen molar-refractivity contribution in [1.82, 2.24) is 5.32 Å². The van der Waals surface area contributed by atoms with Crippen molar-refractivity contribution in [1.29, 1.82) is 0 Å². The Bertz CT molecular complexity index is 963. The number of hydrogen-bond donors (Lipinski definition) is 4. The maximum atomic E-state index is 11.3. The van der Waals surface area contributed by atoms with Crippen molar-refractivity contribution in [3.63, 3.8) is 0 Å². The molecular formula is C21H22ClNNa2O8. The topological polar surface area (TPSA) is 135 Å². The number of carbonyl (C=O) groups is 2. The molecule has 4 N–H and O–H groups in total. The molecule has 0 aromatic heterocycles. The first-order chi connectivity index (χ1) is 14.7. The quantitative estimate of drug-likeness (QED) is 0.282. The zero-order chi connectivity index (χ0) is 22.6. The normalized spacial score (nSPS) is 14.9. The molecule has 9 nitrogen and oxygen atoms in total. The molecule has 1 aliphatic rings. The van der Waals surface area contributed by atoms with Crippen LogP contribution in [0.1, 0.15) is 12.5 Å². The van der Waals surface area contributed by atoms with E-state index in [0.29, 0.717) is 17.2 Å². The van der Waals surface area contributed by atoms with Gasteiger partial charge in [-0.25, -0.2) is 9.59 Å². The Kier molecular flexibility index (Phi) is 12.0. The van der Waals surface area contributed by atoms with Crippen LogP contribution < -0.4 is 19.5 Å². The van der Waals surface area contributed by atoms with Crippen molar-refractivity contribution in [2.24, 2.45) is 0 Å². The molecule has 2 aromatic carbocycles. The summed E-state index contributed by atoms with van der Waals surface area (Å²) in [6.07, 6.45) is -0.226. The fourth-order valence-corrected chi connectivity index (χ4v) is 3.19. The second-order valence-electron chi connectivity index (χ2n) is 7.15. The second-order valence-corrected chi connectivity index (χ2v) is 7.58. The molecule has 168 valence electrons. The van der Waals surface area contributed by atoms with Crippen LogP contribution in [-0.2, 0) is 16.0 Å². The van der Waals surface area contributed by atoms with Crippen LogP contribution in [-0.4, -0.2) is 117 Å². The third-order valence-electron chi connectivity index (χ3n) is 4.56. The number of hydrogen-bond acceptors (Lipinski definition) is 7. The van der Waals surface area contributed by atoms with E-state index in [1.165, 1.54) is 6.07 Å². The molecule has 2 radical (unpaired) electrons. The van der Waals surface area contributed by atoms with Crippen LogP contribution in [0, 0.1) is 0 Å². The van der Waals surface area contributed by atoms with Crippen LogP contribution >= 0.6 is 11.6 Å². The van der Waals surface area contributed by atoms with Gasteiger partial charge in [0.05, 0.1) is 0 Å². The van der Waals surface area contributed by atoms with Crippen molar-refractivity contribution in [3.05, 3.63) is 53.1 Å². The molecule has 0 amide bonds. The fourth-order valence-electron chi connectivity index (χ4n) is 3.01. The molecule has 3 rings (SSSR count). The first kappa shape index (κ1) is 30.0. The number of ether oxygens (including phenoxy) is 3. The Morgan fingerprint density at radius 1 is 1.09 bits per heavy atom. The van der Waals surface area contributed by atoms with E-state index in [1.807, 2.05) is 6.92 Å². The van der Waals surface area contributed by atoms with E-state index in [4.69, 9.17) is 25.8 Å². The summed E-state index contributed by atoms with van der Waals surface area (Å²) in [5.41, 5.74) is 0.776. The van der Waals surface area contributed by atoms with Gasteiger partial charge in [0.25, 0.3) is 0 Å². The second kappa shape index (κ2) is 13.2. The van der Waals surface area contributed by atoms with Crippen LogP contribution in [0.15, 0.2) is 42.5 Å². The van der Waals surface area contributed by atoms with Gasteiger partial charge in [-0.05, 0) is 49.2 Å². The van der Waals surface area contributed by atoms with Crippen LogP contribution in [0.25, 0.3) is 0 Å². The number of aliphatic hydroxyl groups excluding tert-OH is 1. The molecule has 0 spiro atoms. The van der Waals surface area contributed by atoms with Gasteiger partial charge in [0.15, 0.2) is 11.5 Å². The van der Waals surface area contributed by atoms with Crippen molar-refractivity contribution >= 4 is 82.7 Å². The molecule has 0 unspecified atom stereocenters. The van der Waals surface area contributed by atoms with Gasteiger partial charge in [0.2, 0.25) is 0 Å². The largest absolute Gasteiger partial charge is 0.491 e. The van der Waals surface area contributed by atoms with E-state index in [-0.39, 0.29) is 89.8 Å². The van der Waals surface area contributed by atoms with E-state index in [1.54, 1.807) is 36.4 Å². The third-order valence-corrected chi connectivity index (χ3v) is 4.80. The summed E-state index contributed by atoms with van der Waals surface area (Å²) in [5, 5.41) is 32.2. The Balaban J connectivity index is 0.00000272. The Hall–Kier alpha value is -1.01. The van der Waals surface area contributed by atoms with Gasteiger partial charge in [-0.15, -0.1) is 0 Å². The van der Waals surface area contributed by atoms with Crippen molar-refractivity contribution < 1.29 is 39.1 Å². The first-order valence-corrected chi connectivity index (χ1v) is 9.85. The van der Waals surface area contributed by atoms with Gasteiger partial charge >= 0.3 is 17.7 Å². The molecular weight excluding hydrogens is 476 g/mol. The summed E-state index contributed by atoms with van der Waals surface area (Å²) >= 11 is 5.89. The molecule has 0 aliphatic carbocycles. The third kappa shape index (κ3) is 7.74. The Morgan fingerprint density at radius 3 is 2.39 bits per heavy atom. The van der Waals surface area contributed by atoms with Crippen molar-refractivity contribution in [3.8, 4) is 17.2 Å². The molecule has 2 aromatic rings. The number of halogens is 1. The molecule has 2 atom stereocenters. The van der Waals surface area contributed by atoms with Crippen molar-refractivity contribution in [2.45, 2.75) is 31.3 Å². The van der Waals surface area contributed by atoms with E-state index in [0.717, 1.165) is 5.56 Å². The summed E-state index contributed by atoms with van der Waals surface area (Å²) in [5.74, 6) is -5.62. The maximum absolute atomic E-state index is 11.3. The number of aliphatic hydroxyl groups is 1. The predicted molar refractivity (Wildman–Crippen MR) is 121 cm³/mol. The SMILES string of the molecule is C[C@H](Cc1ccc2c(c1)OC(C(=O)O)(C(=O)O)O2)NC[C@@H](O)COc1cccc(Cl)c1.[Na].[Na]. The molecule has 0 bridgehead atoms. The van der Waals surface area contributed by atoms with E-state index >= 15 is 0 Å². The minimum absolute atomic E-state index is 0. The zero-order valence-electron chi connectivity index (χ0n) is 18.6. The smallest absolute Gasteiger partial charge is 0.453 e. The van der Waals surface area contributed by atoms with Gasteiger partial charge in [-0.1, -0.05) is 23.7 Å². The van der Waals surface area contributed by atoms with Gasteiger partial charge < -0.3 is 34.8 Å². The predicted octanol–water partition coefficient (Wildman–Crippen LogP) is 1.18. The zero-order valence-corrected chi connectivity index (χ0v) is 23.3. The molecule has 1 aliphatic heterocycles. The number of fused-ring (bicyclic) bond motifs is 1. The van der Waals surface area contributed by atoms with E-state index in [9.17, 15) is 24.9 Å². The van der Waals surface area contributed by atoms with Gasteiger partial charge in [0, 0.05) is 76.7 Å². The summed E-state index contributed by atoms with van der Waals surface area (Å²) in [4.78, 5) is 22.6. The summed E-state index contributed by atoms with van der Waals surface area (Å²) in [6, 6.07) is 11.5. The average molecular weight is 498 g/mol. The van der Waals surface area contributed by atoms with Gasteiger partial charge in [-0.3, -0.25) is 0 Å². The summed E-state index contributed by atoms with van der Waals surface area (Å²) < 4.78 is 15.7. The number of benzene rings is 2. The fraction of sp³-hybridized carbons (Fsp3) is 0.333. The van der Waals surface area contributed by atoms with E-state index in [2.05, 4.69) is 5.32 Å². The average Bonchev–Trinajstić information content (AvgIpc) is 3.11. The van der Waals surface area contributed by atoms with E-state index < -0.39 is 23.8 Å². The number of aliphatic carboxylic acids is 2. The monoisotopic (exact) mass is 497 g/mol. The maximum Gasteiger partial charge on any atom is 0.453 e. The molecule has 12 heteroatoms.